The first-order valence-electron chi connectivity index (χ1n) is 5.82. The van der Waals surface area contributed by atoms with Crippen LogP contribution in [0.25, 0.3) is 0 Å². The van der Waals surface area contributed by atoms with E-state index in [9.17, 15) is 0 Å². The van der Waals surface area contributed by atoms with Gasteiger partial charge in [-0.3, -0.25) is 0 Å². The molecule has 0 spiro atoms. The quantitative estimate of drug-likeness (QED) is 0.580. The Bertz CT molecular complexity index is 248. The molecule has 14 heavy (non-hydrogen) atoms. The molecule has 2 fully saturated rings. The molecule has 0 aromatic rings. The zero-order chi connectivity index (χ0) is 10.4. The lowest BCUT2D eigenvalue weighted by molar-refractivity contribution is -0.0816. The molecule has 0 aromatic carbocycles. The van der Waals surface area contributed by atoms with Crippen molar-refractivity contribution in [1.29, 1.82) is 0 Å². The third-order valence-electron chi connectivity index (χ3n) is 4.43. The van der Waals surface area contributed by atoms with Gasteiger partial charge in [0, 0.05) is 0 Å². The Balaban J connectivity index is 2.30. The largest absolute Gasteiger partial charge is 0.372 e. The Morgan fingerprint density at radius 1 is 1.36 bits per heavy atom. The average Bonchev–Trinajstić information content (AvgIpc) is 2.42. The van der Waals surface area contributed by atoms with Crippen LogP contribution in [-0.2, 0) is 4.74 Å². The summed E-state index contributed by atoms with van der Waals surface area (Å²) in [5, 5.41) is 0. The van der Waals surface area contributed by atoms with E-state index in [-0.39, 0.29) is 5.60 Å². The van der Waals surface area contributed by atoms with Crippen molar-refractivity contribution in [2.75, 3.05) is 0 Å². The predicted octanol–water partition coefficient (Wildman–Crippen LogP) is 3.55. The molecule has 2 rings (SSSR count). The highest BCUT2D eigenvalue weighted by Gasteiger charge is 2.53. The highest BCUT2D eigenvalue weighted by Crippen LogP contribution is 2.54. The molecule has 0 amide bonds. The van der Waals surface area contributed by atoms with Crippen molar-refractivity contribution in [3.63, 3.8) is 0 Å². The molecule has 1 saturated heterocycles. The molecule has 1 heterocycles. The maximum Gasteiger partial charge on any atom is 0.0695 e. The molecule has 1 aliphatic heterocycles. The summed E-state index contributed by atoms with van der Waals surface area (Å²) in [5.74, 6) is 0.677. The van der Waals surface area contributed by atoms with Gasteiger partial charge in [0.1, 0.15) is 0 Å². The van der Waals surface area contributed by atoms with Gasteiger partial charge in [-0.1, -0.05) is 13.0 Å². The van der Waals surface area contributed by atoms with Crippen LogP contribution in [0.5, 0.6) is 0 Å². The van der Waals surface area contributed by atoms with E-state index in [1.165, 1.54) is 25.7 Å². The Morgan fingerprint density at radius 3 is 2.71 bits per heavy atom. The van der Waals surface area contributed by atoms with Crippen LogP contribution in [0, 0.1) is 11.3 Å². The second kappa shape index (κ2) is 3.10. The van der Waals surface area contributed by atoms with E-state index in [1.807, 2.05) is 0 Å². The van der Waals surface area contributed by atoms with Crippen molar-refractivity contribution in [3.8, 4) is 0 Å². The Morgan fingerprint density at radius 2 is 2.07 bits per heavy atom. The second-order valence-electron chi connectivity index (χ2n) is 5.59. The third kappa shape index (κ3) is 1.33. The van der Waals surface area contributed by atoms with Crippen LogP contribution in [0.15, 0.2) is 12.7 Å². The van der Waals surface area contributed by atoms with Crippen LogP contribution in [-0.4, -0.2) is 11.7 Å². The summed E-state index contributed by atoms with van der Waals surface area (Å²) < 4.78 is 6.10. The first-order valence-corrected chi connectivity index (χ1v) is 5.82. The molecule has 0 N–H and O–H groups in total. The molecule has 1 heteroatoms. The van der Waals surface area contributed by atoms with Crippen LogP contribution < -0.4 is 0 Å². The third-order valence-corrected chi connectivity index (χ3v) is 4.43. The summed E-state index contributed by atoms with van der Waals surface area (Å²) in [4.78, 5) is 0. The maximum absolute atomic E-state index is 6.10. The molecule has 2 unspecified atom stereocenters. The van der Waals surface area contributed by atoms with Gasteiger partial charge >= 0.3 is 0 Å². The number of hydrogen-bond acceptors (Lipinski definition) is 1. The molecular formula is C13H22O. The van der Waals surface area contributed by atoms with E-state index in [1.54, 1.807) is 0 Å². The second-order valence-corrected chi connectivity index (χ2v) is 5.59. The van der Waals surface area contributed by atoms with Gasteiger partial charge in [-0.2, -0.15) is 0 Å². The Kier molecular flexibility index (Phi) is 2.26. The molecule has 1 saturated carbocycles. The van der Waals surface area contributed by atoms with Crippen molar-refractivity contribution < 1.29 is 4.74 Å². The van der Waals surface area contributed by atoms with Crippen LogP contribution in [0.2, 0.25) is 0 Å². The van der Waals surface area contributed by atoms with E-state index in [0.717, 1.165) is 0 Å². The number of fused-ring (bicyclic) bond motifs is 1. The van der Waals surface area contributed by atoms with E-state index in [0.29, 0.717) is 17.4 Å². The fraction of sp³-hybridized carbons (Fsp3) is 0.846. The zero-order valence-corrected chi connectivity index (χ0v) is 9.68. The topological polar surface area (TPSA) is 9.23 Å². The molecule has 1 nitrogen and oxygen atoms in total. The molecule has 0 aromatic heterocycles. The van der Waals surface area contributed by atoms with Gasteiger partial charge < -0.3 is 4.74 Å². The minimum absolute atomic E-state index is 0.126. The molecule has 0 radical (unpaired) electrons. The van der Waals surface area contributed by atoms with E-state index < -0.39 is 0 Å². The Labute approximate surface area is 87.5 Å². The van der Waals surface area contributed by atoms with Gasteiger partial charge in [0.05, 0.1) is 11.7 Å². The summed E-state index contributed by atoms with van der Waals surface area (Å²) >= 11 is 0. The summed E-state index contributed by atoms with van der Waals surface area (Å²) in [7, 11) is 0. The monoisotopic (exact) mass is 194 g/mol. The standard InChI is InChI=1S/C13H22O/c1-5-12(3)7-6-8-13(4)11(12)9-10(2)14-13/h5,10-11H,1,6-9H2,2-4H3/t10?,11?,12-,13-/m0/s1. The van der Waals surface area contributed by atoms with Crippen LogP contribution in [0.1, 0.15) is 46.5 Å². The van der Waals surface area contributed by atoms with E-state index in [2.05, 4.69) is 33.4 Å². The molecular weight excluding hydrogens is 172 g/mol. The van der Waals surface area contributed by atoms with Gasteiger partial charge in [-0.25, -0.2) is 0 Å². The summed E-state index contributed by atoms with van der Waals surface area (Å²) in [6.07, 6.45) is 7.60. The first kappa shape index (κ1) is 10.2. The molecule has 4 atom stereocenters. The van der Waals surface area contributed by atoms with Crippen LogP contribution >= 0.6 is 0 Å². The van der Waals surface area contributed by atoms with Crippen molar-refractivity contribution in [2.24, 2.45) is 11.3 Å². The number of rotatable bonds is 1. The maximum atomic E-state index is 6.10. The van der Waals surface area contributed by atoms with Gasteiger partial charge in [-0.15, -0.1) is 6.58 Å². The predicted molar refractivity (Wildman–Crippen MR) is 59.2 cm³/mol. The fourth-order valence-electron chi connectivity index (χ4n) is 3.61. The van der Waals surface area contributed by atoms with Gasteiger partial charge in [-0.05, 0) is 50.9 Å². The molecule has 0 bridgehead atoms. The summed E-state index contributed by atoms with van der Waals surface area (Å²) in [6, 6.07) is 0. The summed E-state index contributed by atoms with van der Waals surface area (Å²) in [5.41, 5.74) is 0.429. The lowest BCUT2D eigenvalue weighted by Gasteiger charge is -2.46. The normalized spacial score (nSPS) is 52.8. The molecule has 80 valence electrons. The zero-order valence-electron chi connectivity index (χ0n) is 9.68. The first-order chi connectivity index (χ1) is 6.50. The van der Waals surface area contributed by atoms with Gasteiger partial charge in [0.25, 0.3) is 0 Å². The molecule has 2 aliphatic rings. The lowest BCUT2D eigenvalue weighted by Crippen LogP contribution is -2.44. The van der Waals surface area contributed by atoms with E-state index in [4.69, 9.17) is 4.74 Å². The van der Waals surface area contributed by atoms with Crippen LogP contribution in [0.4, 0.5) is 0 Å². The van der Waals surface area contributed by atoms with Gasteiger partial charge in [0.15, 0.2) is 0 Å². The SMILES string of the molecule is C=C[C@@]1(C)CCC[C@]2(C)OC(C)CC12. The van der Waals surface area contributed by atoms with Crippen molar-refractivity contribution in [1.82, 2.24) is 0 Å². The molecule has 1 aliphatic carbocycles. The minimum atomic E-state index is 0.126. The Hall–Kier alpha value is -0.300. The number of ether oxygens (including phenoxy) is 1. The van der Waals surface area contributed by atoms with Crippen LogP contribution in [0.3, 0.4) is 0 Å². The smallest absolute Gasteiger partial charge is 0.0695 e. The van der Waals surface area contributed by atoms with Crippen molar-refractivity contribution in [3.05, 3.63) is 12.7 Å². The number of hydrogen-bond donors (Lipinski definition) is 0. The highest BCUT2D eigenvalue weighted by atomic mass is 16.5. The highest BCUT2D eigenvalue weighted by molar-refractivity contribution is 5.09. The summed E-state index contributed by atoms with van der Waals surface area (Å²) in [6.45, 7) is 10.9. The lowest BCUT2D eigenvalue weighted by atomic mass is 9.61. The van der Waals surface area contributed by atoms with Crippen molar-refractivity contribution >= 4 is 0 Å². The minimum Gasteiger partial charge on any atom is -0.372 e. The average molecular weight is 194 g/mol. The van der Waals surface area contributed by atoms with Gasteiger partial charge in [0.2, 0.25) is 0 Å². The van der Waals surface area contributed by atoms with E-state index >= 15 is 0 Å². The fourth-order valence-corrected chi connectivity index (χ4v) is 3.61. The van der Waals surface area contributed by atoms with Crippen molar-refractivity contribution in [2.45, 2.75) is 58.2 Å². The number of allylic oxidation sites excluding steroid dienone is 1.